The molecular weight excluding hydrogens is 372 g/mol. The molecule has 2 amide bonds. The highest BCUT2D eigenvalue weighted by Gasteiger charge is 2.31. The smallest absolute Gasteiger partial charge is 0.408 e. The number of carbonyl (C=O) groups is 3. The number of carbonyl (C=O) groups excluding carboxylic acids is 3. The quantitative estimate of drug-likeness (QED) is 0.487. The Bertz CT molecular complexity index is 695. The van der Waals surface area contributed by atoms with Crippen molar-refractivity contribution >= 4 is 18.0 Å². The van der Waals surface area contributed by atoms with Crippen molar-refractivity contribution in [2.75, 3.05) is 6.61 Å². The lowest BCUT2D eigenvalue weighted by Crippen LogP contribution is -2.55. The first-order chi connectivity index (χ1) is 13.5. The summed E-state index contributed by atoms with van der Waals surface area (Å²) in [6.07, 6.45) is 1.03. The van der Waals surface area contributed by atoms with Gasteiger partial charge in [0.2, 0.25) is 5.91 Å². The van der Waals surface area contributed by atoms with E-state index < -0.39 is 35.7 Å². The molecule has 0 heterocycles. The van der Waals surface area contributed by atoms with Gasteiger partial charge in [0.1, 0.15) is 24.3 Å². The number of alkyl carbamates (subject to hydrolysis) is 1. The van der Waals surface area contributed by atoms with Crippen molar-refractivity contribution < 1.29 is 23.9 Å². The van der Waals surface area contributed by atoms with Gasteiger partial charge in [-0.15, -0.1) is 0 Å². The average Bonchev–Trinajstić information content (AvgIpc) is 2.62. The summed E-state index contributed by atoms with van der Waals surface area (Å²) in [5.74, 6) is -1.27. The summed E-state index contributed by atoms with van der Waals surface area (Å²) in [6.45, 7) is 12.4. The molecule has 0 saturated carbocycles. The Labute approximate surface area is 172 Å². The molecule has 0 aromatic heterocycles. The lowest BCUT2D eigenvalue weighted by molar-refractivity contribution is -0.147. The zero-order valence-electron chi connectivity index (χ0n) is 17.9. The molecule has 29 heavy (non-hydrogen) atoms. The summed E-state index contributed by atoms with van der Waals surface area (Å²) in [4.78, 5) is 37.4. The van der Waals surface area contributed by atoms with Crippen LogP contribution in [0.15, 0.2) is 43.0 Å². The molecule has 0 aliphatic rings. The van der Waals surface area contributed by atoms with Crippen LogP contribution in [0, 0.1) is 5.92 Å². The molecule has 2 N–H and O–H groups in total. The molecule has 0 bridgehead atoms. The Hall–Kier alpha value is -2.83. The highest BCUT2D eigenvalue weighted by atomic mass is 16.6. The average molecular weight is 405 g/mol. The van der Waals surface area contributed by atoms with E-state index in [0.717, 1.165) is 5.56 Å². The van der Waals surface area contributed by atoms with Crippen LogP contribution in [-0.2, 0) is 25.5 Å². The SMILES string of the molecule is C=CCOC(=O)[C@H](Cc1ccccc1)NC(=O)[C@@H](NC(=O)OC(C)(C)C)C(C)C. The van der Waals surface area contributed by atoms with Crippen molar-refractivity contribution in [3.63, 3.8) is 0 Å². The minimum atomic E-state index is -0.897. The van der Waals surface area contributed by atoms with E-state index >= 15 is 0 Å². The van der Waals surface area contributed by atoms with Gasteiger partial charge in [-0.05, 0) is 32.3 Å². The number of hydrogen-bond acceptors (Lipinski definition) is 5. The molecular formula is C22H32N2O5. The molecule has 0 spiro atoms. The fraction of sp³-hybridized carbons (Fsp3) is 0.500. The molecule has 160 valence electrons. The number of esters is 1. The van der Waals surface area contributed by atoms with E-state index in [2.05, 4.69) is 17.2 Å². The van der Waals surface area contributed by atoms with Crippen LogP contribution in [0.1, 0.15) is 40.2 Å². The normalized spacial score (nSPS) is 13.2. The first-order valence-electron chi connectivity index (χ1n) is 9.65. The van der Waals surface area contributed by atoms with Crippen molar-refractivity contribution in [1.29, 1.82) is 0 Å². The third-order valence-electron chi connectivity index (χ3n) is 3.85. The third-order valence-corrected chi connectivity index (χ3v) is 3.85. The van der Waals surface area contributed by atoms with Crippen LogP contribution in [-0.4, -0.2) is 42.3 Å². The number of amides is 2. The minimum absolute atomic E-state index is 0.0454. The summed E-state index contributed by atoms with van der Waals surface area (Å²) in [7, 11) is 0. The molecule has 7 heteroatoms. The van der Waals surface area contributed by atoms with Crippen molar-refractivity contribution in [3.05, 3.63) is 48.6 Å². The second-order valence-electron chi connectivity index (χ2n) is 8.04. The Kier molecular flexibility index (Phi) is 9.38. The van der Waals surface area contributed by atoms with Crippen molar-refractivity contribution in [1.82, 2.24) is 10.6 Å². The van der Waals surface area contributed by atoms with Crippen LogP contribution in [0.3, 0.4) is 0 Å². The van der Waals surface area contributed by atoms with Gasteiger partial charge in [0.05, 0.1) is 0 Å². The van der Waals surface area contributed by atoms with Gasteiger partial charge >= 0.3 is 12.1 Å². The molecule has 0 unspecified atom stereocenters. The van der Waals surface area contributed by atoms with Gasteiger partial charge in [0.25, 0.3) is 0 Å². The number of nitrogens with one attached hydrogen (secondary N) is 2. The molecule has 0 fully saturated rings. The highest BCUT2D eigenvalue weighted by Crippen LogP contribution is 2.10. The molecule has 0 radical (unpaired) electrons. The van der Waals surface area contributed by atoms with E-state index in [9.17, 15) is 14.4 Å². The van der Waals surface area contributed by atoms with E-state index in [-0.39, 0.29) is 18.9 Å². The molecule has 0 aliphatic heterocycles. The van der Waals surface area contributed by atoms with Gasteiger partial charge in [-0.1, -0.05) is 56.8 Å². The number of hydrogen-bond donors (Lipinski definition) is 2. The second-order valence-corrected chi connectivity index (χ2v) is 8.04. The highest BCUT2D eigenvalue weighted by molar-refractivity contribution is 5.90. The summed E-state index contributed by atoms with van der Waals surface area (Å²) in [5.41, 5.74) is 0.182. The van der Waals surface area contributed by atoms with Crippen LogP contribution in [0.25, 0.3) is 0 Å². The van der Waals surface area contributed by atoms with Gasteiger partial charge in [0, 0.05) is 6.42 Å². The van der Waals surface area contributed by atoms with Gasteiger partial charge in [-0.3, -0.25) is 4.79 Å². The van der Waals surface area contributed by atoms with E-state index in [0.29, 0.717) is 0 Å². The van der Waals surface area contributed by atoms with Crippen LogP contribution in [0.5, 0.6) is 0 Å². The lowest BCUT2D eigenvalue weighted by Gasteiger charge is -2.26. The molecule has 1 aromatic rings. The van der Waals surface area contributed by atoms with E-state index in [1.807, 2.05) is 30.3 Å². The Balaban J connectivity index is 2.91. The van der Waals surface area contributed by atoms with E-state index in [1.54, 1.807) is 34.6 Å². The second kappa shape index (κ2) is 11.2. The van der Waals surface area contributed by atoms with Gasteiger partial charge < -0.3 is 20.1 Å². The predicted octanol–water partition coefficient (Wildman–Crippen LogP) is 2.99. The van der Waals surface area contributed by atoms with Crippen LogP contribution in [0.4, 0.5) is 4.79 Å². The zero-order valence-corrected chi connectivity index (χ0v) is 17.9. The number of ether oxygens (including phenoxy) is 2. The van der Waals surface area contributed by atoms with Gasteiger partial charge in [-0.2, -0.15) is 0 Å². The van der Waals surface area contributed by atoms with Crippen molar-refractivity contribution in [2.45, 2.75) is 58.7 Å². The molecule has 2 atom stereocenters. The Morgan fingerprint density at radius 1 is 1.10 bits per heavy atom. The molecule has 1 rings (SSSR count). The van der Waals surface area contributed by atoms with Crippen molar-refractivity contribution in [3.8, 4) is 0 Å². The molecule has 7 nitrogen and oxygen atoms in total. The van der Waals surface area contributed by atoms with Crippen LogP contribution < -0.4 is 10.6 Å². The van der Waals surface area contributed by atoms with Crippen molar-refractivity contribution in [2.24, 2.45) is 5.92 Å². The third kappa shape index (κ3) is 9.27. The van der Waals surface area contributed by atoms with Crippen LogP contribution in [0.2, 0.25) is 0 Å². The standard InChI is InChI=1S/C22H32N2O5/c1-7-13-28-20(26)17(14-16-11-9-8-10-12-16)23-19(25)18(15(2)3)24-21(27)29-22(4,5)6/h7-12,15,17-18H,1,13-14H2,2-6H3,(H,23,25)(H,24,27)/t17-,18-/m0/s1. The summed E-state index contributed by atoms with van der Waals surface area (Å²) >= 11 is 0. The molecule has 1 aromatic carbocycles. The Morgan fingerprint density at radius 3 is 2.24 bits per heavy atom. The largest absolute Gasteiger partial charge is 0.460 e. The first-order valence-corrected chi connectivity index (χ1v) is 9.65. The first kappa shape index (κ1) is 24.2. The number of benzene rings is 1. The topological polar surface area (TPSA) is 93.7 Å². The fourth-order valence-electron chi connectivity index (χ4n) is 2.52. The van der Waals surface area contributed by atoms with Crippen LogP contribution >= 0.6 is 0 Å². The van der Waals surface area contributed by atoms with E-state index in [4.69, 9.17) is 9.47 Å². The molecule has 0 aliphatic carbocycles. The maximum Gasteiger partial charge on any atom is 0.408 e. The van der Waals surface area contributed by atoms with Gasteiger partial charge in [-0.25, -0.2) is 9.59 Å². The summed E-state index contributed by atoms with van der Waals surface area (Å²) in [6, 6.07) is 7.53. The van der Waals surface area contributed by atoms with E-state index in [1.165, 1.54) is 6.08 Å². The summed E-state index contributed by atoms with van der Waals surface area (Å²) < 4.78 is 10.4. The van der Waals surface area contributed by atoms with Gasteiger partial charge in [0.15, 0.2) is 0 Å². The Morgan fingerprint density at radius 2 is 1.72 bits per heavy atom. The summed E-state index contributed by atoms with van der Waals surface area (Å²) in [5, 5.41) is 5.29. The zero-order chi connectivity index (χ0) is 22.0. The monoisotopic (exact) mass is 404 g/mol. The predicted molar refractivity (Wildman–Crippen MR) is 111 cm³/mol. The number of rotatable bonds is 9. The fourth-order valence-corrected chi connectivity index (χ4v) is 2.52. The maximum absolute atomic E-state index is 12.9. The molecule has 0 saturated heterocycles. The lowest BCUT2D eigenvalue weighted by atomic mass is 10.0. The minimum Gasteiger partial charge on any atom is -0.460 e. The maximum atomic E-state index is 12.9.